The molecule has 13 heteroatoms. The normalized spacial score (nSPS) is 17.9. The number of amides is 1. The molecule has 0 aromatic carbocycles. The van der Waals surface area contributed by atoms with Gasteiger partial charge in [-0.2, -0.15) is 22.8 Å². The second-order valence-corrected chi connectivity index (χ2v) is 13.1. The molecule has 3 aromatic heterocycles. The number of nitrogens with zero attached hydrogens (tertiary/aromatic N) is 7. The molecule has 3 aromatic rings. The lowest BCUT2D eigenvalue weighted by Gasteiger charge is -2.36. The average molecular weight is 594 g/mol. The van der Waals surface area contributed by atoms with Crippen LogP contribution in [0.5, 0.6) is 0 Å². The van der Waals surface area contributed by atoms with Crippen molar-refractivity contribution in [3.05, 3.63) is 45.4 Å². The maximum Gasteiger partial charge on any atom is 0.433 e. The van der Waals surface area contributed by atoms with E-state index in [0.717, 1.165) is 38.8 Å². The number of fused-ring (bicyclic) bond motifs is 1. The summed E-state index contributed by atoms with van der Waals surface area (Å²) < 4.78 is 48.0. The number of anilines is 1. The van der Waals surface area contributed by atoms with Crippen LogP contribution in [0.3, 0.4) is 0 Å². The fraction of sp³-hybridized carbons (Fsp3) is 0.607. The molecule has 5 rings (SSSR count). The number of alkyl halides is 3. The summed E-state index contributed by atoms with van der Waals surface area (Å²) in [6.45, 7) is 15.2. The van der Waals surface area contributed by atoms with Gasteiger partial charge in [-0.05, 0) is 19.1 Å². The molecule has 9 nitrogen and oxygen atoms in total. The smallest absolute Gasteiger partial charge is 0.433 e. The summed E-state index contributed by atoms with van der Waals surface area (Å²) in [7, 11) is 0. The number of ether oxygens (including phenoxy) is 1. The molecule has 41 heavy (non-hydrogen) atoms. The highest BCUT2D eigenvalue weighted by Crippen LogP contribution is 2.33. The zero-order chi connectivity index (χ0) is 29.4. The van der Waals surface area contributed by atoms with Crippen LogP contribution in [-0.4, -0.2) is 101 Å². The monoisotopic (exact) mass is 593 g/mol. The number of hydrogen-bond acceptors (Lipinski definition) is 8. The third-order valence-electron chi connectivity index (χ3n) is 7.60. The van der Waals surface area contributed by atoms with Gasteiger partial charge in [0.15, 0.2) is 11.3 Å². The first kappa shape index (κ1) is 29.6. The minimum absolute atomic E-state index is 0.157. The van der Waals surface area contributed by atoms with Gasteiger partial charge < -0.3 is 14.5 Å². The fourth-order valence-corrected chi connectivity index (χ4v) is 6.06. The summed E-state index contributed by atoms with van der Waals surface area (Å²) in [6.07, 6.45) is -4.97. The number of halogens is 3. The number of hydrogen-bond donors (Lipinski definition) is 0. The summed E-state index contributed by atoms with van der Waals surface area (Å²) in [5, 5.41) is 4.58. The van der Waals surface area contributed by atoms with E-state index in [0.29, 0.717) is 50.8 Å². The summed E-state index contributed by atoms with van der Waals surface area (Å²) in [6, 6.07) is 7.01. The molecular weight excluding hydrogens is 555 g/mol. The second-order valence-electron chi connectivity index (χ2n) is 11.8. The van der Waals surface area contributed by atoms with Crippen molar-refractivity contribution >= 4 is 28.9 Å². The Kier molecular flexibility index (Phi) is 8.49. The van der Waals surface area contributed by atoms with Crippen LogP contribution in [0.15, 0.2) is 24.3 Å². The van der Waals surface area contributed by atoms with Crippen molar-refractivity contribution in [3.8, 4) is 0 Å². The van der Waals surface area contributed by atoms with Crippen molar-refractivity contribution in [2.45, 2.75) is 45.8 Å². The quantitative estimate of drug-likeness (QED) is 0.417. The van der Waals surface area contributed by atoms with Crippen LogP contribution >= 0.6 is 11.3 Å². The Hall–Kier alpha value is -2.90. The molecule has 0 N–H and O–H groups in total. The number of thiophene rings is 1. The molecule has 0 bridgehead atoms. The van der Waals surface area contributed by atoms with E-state index in [1.807, 2.05) is 37.0 Å². The zero-order valence-corrected chi connectivity index (χ0v) is 24.9. The highest BCUT2D eigenvalue weighted by molar-refractivity contribution is 7.11. The average Bonchev–Trinajstić information content (AvgIpc) is 3.54. The van der Waals surface area contributed by atoms with Crippen LogP contribution in [0.2, 0.25) is 0 Å². The van der Waals surface area contributed by atoms with Crippen LogP contribution in [0, 0.1) is 6.92 Å². The van der Waals surface area contributed by atoms with Gasteiger partial charge in [0.05, 0.1) is 5.69 Å². The van der Waals surface area contributed by atoms with E-state index in [1.165, 1.54) is 14.3 Å². The standard InChI is InChI=1S/C28H38F3N7O2S/c1-20-5-6-21(41-20)19-35-9-7-34(8-10-35)15-16-40-26(39)37-13-11-36(12-14-37)25-18-23(28(29,30)31)32-24-17-22(27(2,3)4)33-38(24)25/h5-6,17-18H,7-16,19H2,1-4H3. The Bertz CT molecular complexity index is 1350. The van der Waals surface area contributed by atoms with Gasteiger partial charge in [-0.1, -0.05) is 20.8 Å². The number of rotatable bonds is 6. The summed E-state index contributed by atoms with van der Waals surface area (Å²) >= 11 is 1.84. The number of piperazine rings is 2. The van der Waals surface area contributed by atoms with Crippen LogP contribution < -0.4 is 4.90 Å². The molecule has 1 amide bonds. The largest absolute Gasteiger partial charge is 0.448 e. The maximum atomic E-state index is 13.6. The zero-order valence-electron chi connectivity index (χ0n) is 24.1. The molecule has 0 saturated carbocycles. The molecule has 0 spiro atoms. The lowest BCUT2D eigenvalue weighted by Crippen LogP contribution is -2.50. The first-order chi connectivity index (χ1) is 19.4. The Balaban J connectivity index is 1.12. The van der Waals surface area contributed by atoms with E-state index in [-0.39, 0.29) is 17.2 Å². The summed E-state index contributed by atoms with van der Waals surface area (Å²) in [5.74, 6) is 0.319. The van der Waals surface area contributed by atoms with Gasteiger partial charge in [-0.25, -0.2) is 9.78 Å². The summed E-state index contributed by atoms with van der Waals surface area (Å²) in [5.41, 5.74) is -0.483. The van der Waals surface area contributed by atoms with E-state index in [1.54, 1.807) is 11.0 Å². The molecule has 0 aliphatic carbocycles. The molecule has 2 aliphatic heterocycles. The second kappa shape index (κ2) is 11.8. The molecule has 5 heterocycles. The van der Waals surface area contributed by atoms with Crippen LogP contribution in [0.4, 0.5) is 23.8 Å². The SMILES string of the molecule is Cc1ccc(CN2CCN(CCOC(=O)N3CCN(c4cc(C(F)(F)F)nc5cc(C(C)(C)C)nn45)CC3)CC2)s1. The van der Waals surface area contributed by atoms with Gasteiger partial charge in [-0.3, -0.25) is 9.80 Å². The first-order valence-corrected chi connectivity index (χ1v) is 14.8. The van der Waals surface area contributed by atoms with Crippen LogP contribution in [0.25, 0.3) is 5.65 Å². The fourth-order valence-electron chi connectivity index (χ4n) is 5.13. The third-order valence-corrected chi connectivity index (χ3v) is 8.59. The summed E-state index contributed by atoms with van der Waals surface area (Å²) in [4.78, 5) is 27.5. The highest BCUT2D eigenvalue weighted by Gasteiger charge is 2.35. The Morgan fingerprint density at radius 2 is 1.63 bits per heavy atom. The molecule has 224 valence electrons. The van der Waals surface area contributed by atoms with Gasteiger partial charge >= 0.3 is 12.3 Å². The van der Waals surface area contributed by atoms with Gasteiger partial charge in [0.25, 0.3) is 0 Å². The third kappa shape index (κ3) is 7.12. The lowest BCUT2D eigenvalue weighted by molar-refractivity contribution is -0.141. The minimum atomic E-state index is -4.58. The van der Waals surface area contributed by atoms with Gasteiger partial charge in [0.1, 0.15) is 12.4 Å². The molecule has 2 aliphatic rings. The number of aryl methyl sites for hydroxylation is 1. The Labute approximate surface area is 242 Å². The molecule has 2 saturated heterocycles. The number of aromatic nitrogens is 3. The van der Waals surface area contributed by atoms with Crippen molar-refractivity contribution in [1.29, 1.82) is 0 Å². The number of carbonyl (C=O) groups excluding carboxylic acids is 1. The van der Waals surface area contributed by atoms with E-state index in [9.17, 15) is 18.0 Å². The molecular formula is C28H38F3N7O2S. The highest BCUT2D eigenvalue weighted by atomic mass is 32.1. The van der Waals surface area contributed by atoms with Gasteiger partial charge in [0.2, 0.25) is 0 Å². The van der Waals surface area contributed by atoms with Crippen molar-refractivity contribution in [3.63, 3.8) is 0 Å². The minimum Gasteiger partial charge on any atom is -0.448 e. The van der Waals surface area contributed by atoms with E-state index >= 15 is 0 Å². The van der Waals surface area contributed by atoms with Crippen molar-refractivity contribution in [2.24, 2.45) is 0 Å². The molecule has 0 radical (unpaired) electrons. The first-order valence-electron chi connectivity index (χ1n) is 14.0. The van der Waals surface area contributed by atoms with E-state index in [4.69, 9.17) is 4.74 Å². The lowest BCUT2D eigenvalue weighted by atomic mass is 9.93. The Morgan fingerprint density at radius 1 is 0.951 bits per heavy atom. The van der Waals surface area contributed by atoms with Gasteiger partial charge in [-0.15, -0.1) is 11.3 Å². The van der Waals surface area contributed by atoms with E-state index in [2.05, 4.69) is 38.9 Å². The number of carbonyl (C=O) groups is 1. The predicted octanol–water partition coefficient (Wildman–Crippen LogP) is 4.49. The van der Waals surface area contributed by atoms with Gasteiger partial charge in [0, 0.05) is 92.7 Å². The van der Waals surface area contributed by atoms with Crippen molar-refractivity contribution in [1.82, 2.24) is 29.3 Å². The molecule has 0 unspecified atom stereocenters. The van der Waals surface area contributed by atoms with E-state index < -0.39 is 11.9 Å². The van der Waals surface area contributed by atoms with Crippen molar-refractivity contribution in [2.75, 3.05) is 70.4 Å². The van der Waals surface area contributed by atoms with Crippen LogP contribution in [-0.2, 0) is 22.9 Å². The topological polar surface area (TPSA) is 69.5 Å². The molecule has 2 fully saturated rings. The maximum absolute atomic E-state index is 13.6. The van der Waals surface area contributed by atoms with Crippen LogP contribution in [0.1, 0.15) is 41.9 Å². The molecule has 0 atom stereocenters. The van der Waals surface area contributed by atoms with Crippen molar-refractivity contribution < 1.29 is 22.7 Å². The predicted molar refractivity (Wildman–Crippen MR) is 153 cm³/mol. The Morgan fingerprint density at radius 3 is 2.24 bits per heavy atom.